The molecular weight excluding hydrogens is 158 g/mol. The highest BCUT2D eigenvalue weighted by atomic mass is 15.2. The Balaban J connectivity index is 2.50. The van der Waals surface area contributed by atoms with Crippen LogP contribution < -0.4 is 0 Å². The van der Waals surface area contributed by atoms with Crippen molar-refractivity contribution in [3.63, 3.8) is 0 Å². The summed E-state index contributed by atoms with van der Waals surface area (Å²) in [5.41, 5.74) is 0. The molecule has 2 atom stereocenters. The second-order valence-electron chi connectivity index (χ2n) is 4.50. The van der Waals surface area contributed by atoms with Crippen molar-refractivity contribution in [1.29, 1.82) is 0 Å². The number of allylic oxidation sites excluding steroid dienone is 1. The predicted octanol–water partition coefficient (Wildman–Crippen LogP) is 2.93. The molecule has 0 N–H and O–H groups in total. The molecule has 0 radical (unpaired) electrons. The second-order valence-corrected chi connectivity index (χ2v) is 4.50. The van der Waals surface area contributed by atoms with Crippen LogP contribution in [0.4, 0.5) is 0 Å². The number of nitrogens with zero attached hydrogens (tertiary/aromatic N) is 1. The normalized spacial score (nSPS) is 29.8. The van der Waals surface area contributed by atoms with Crippen LogP contribution in [0.3, 0.4) is 0 Å². The van der Waals surface area contributed by atoms with Crippen molar-refractivity contribution in [3.05, 3.63) is 12.7 Å². The first-order valence-electron chi connectivity index (χ1n) is 5.54. The minimum Gasteiger partial charge on any atom is -0.300 e. The molecule has 1 saturated heterocycles. The van der Waals surface area contributed by atoms with Crippen molar-refractivity contribution < 1.29 is 0 Å². The molecule has 13 heavy (non-hydrogen) atoms. The summed E-state index contributed by atoms with van der Waals surface area (Å²) in [6.07, 6.45) is 4.60. The van der Waals surface area contributed by atoms with Crippen LogP contribution in [0.1, 0.15) is 33.6 Å². The summed E-state index contributed by atoms with van der Waals surface area (Å²) in [5, 5.41) is 0. The molecule has 0 aliphatic carbocycles. The topological polar surface area (TPSA) is 3.24 Å². The third-order valence-electron chi connectivity index (χ3n) is 3.33. The zero-order valence-corrected chi connectivity index (χ0v) is 9.29. The molecule has 76 valence electrons. The summed E-state index contributed by atoms with van der Waals surface area (Å²) in [6, 6.07) is 0.712. The van der Waals surface area contributed by atoms with Gasteiger partial charge in [-0.2, -0.15) is 0 Å². The third kappa shape index (κ3) is 2.57. The van der Waals surface area contributed by atoms with Gasteiger partial charge in [0.15, 0.2) is 0 Å². The Morgan fingerprint density at radius 3 is 2.46 bits per heavy atom. The van der Waals surface area contributed by atoms with Crippen LogP contribution in [-0.2, 0) is 0 Å². The van der Waals surface area contributed by atoms with Crippen molar-refractivity contribution in [1.82, 2.24) is 4.90 Å². The number of likely N-dealkylation sites (tertiary alicyclic amines) is 1. The van der Waals surface area contributed by atoms with Crippen LogP contribution in [0.25, 0.3) is 0 Å². The van der Waals surface area contributed by atoms with Gasteiger partial charge in [-0.25, -0.2) is 0 Å². The zero-order chi connectivity index (χ0) is 9.84. The Morgan fingerprint density at radius 1 is 1.38 bits per heavy atom. The molecule has 1 heterocycles. The molecule has 0 amide bonds. The van der Waals surface area contributed by atoms with E-state index in [1.807, 2.05) is 0 Å². The molecular formula is C12H23N. The summed E-state index contributed by atoms with van der Waals surface area (Å²) < 4.78 is 0. The summed E-state index contributed by atoms with van der Waals surface area (Å²) in [6.45, 7) is 13.3. The van der Waals surface area contributed by atoms with Gasteiger partial charge in [-0.1, -0.05) is 19.4 Å². The standard InChI is InChI=1S/C12H23N/c1-5-7-12-9-13(10(3)4)8-11(12)6-2/h5,10-12H,1,6-9H2,2-4H3. The first-order valence-corrected chi connectivity index (χ1v) is 5.54. The van der Waals surface area contributed by atoms with Crippen molar-refractivity contribution in [2.24, 2.45) is 11.8 Å². The van der Waals surface area contributed by atoms with Gasteiger partial charge in [0.05, 0.1) is 0 Å². The predicted molar refractivity (Wildman–Crippen MR) is 58.8 cm³/mol. The molecule has 0 spiro atoms. The SMILES string of the molecule is C=CCC1CN(C(C)C)CC1CC. The Bertz CT molecular complexity index is 163. The van der Waals surface area contributed by atoms with E-state index in [9.17, 15) is 0 Å². The maximum absolute atomic E-state index is 3.84. The monoisotopic (exact) mass is 181 g/mol. The van der Waals surface area contributed by atoms with Crippen LogP contribution in [0.5, 0.6) is 0 Å². The highest BCUT2D eigenvalue weighted by molar-refractivity contribution is 4.88. The van der Waals surface area contributed by atoms with Gasteiger partial charge in [0.1, 0.15) is 0 Å². The molecule has 0 aromatic rings. The van der Waals surface area contributed by atoms with Crippen LogP contribution in [0.15, 0.2) is 12.7 Å². The lowest BCUT2D eigenvalue weighted by atomic mass is 9.91. The molecule has 0 saturated carbocycles. The van der Waals surface area contributed by atoms with Crippen molar-refractivity contribution in [2.45, 2.75) is 39.7 Å². The van der Waals surface area contributed by atoms with E-state index in [2.05, 4.69) is 38.3 Å². The van der Waals surface area contributed by atoms with Crippen molar-refractivity contribution >= 4 is 0 Å². The Kier molecular flexibility index (Phi) is 3.98. The molecule has 1 nitrogen and oxygen atoms in total. The van der Waals surface area contributed by atoms with E-state index in [0.29, 0.717) is 6.04 Å². The van der Waals surface area contributed by atoms with Crippen LogP contribution >= 0.6 is 0 Å². The van der Waals surface area contributed by atoms with Crippen LogP contribution in [-0.4, -0.2) is 24.0 Å². The lowest BCUT2D eigenvalue weighted by Gasteiger charge is -2.19. The van der Waals surface area contributed by atoms with Gasteiger partial charge in [0.25, 0.3) is 0 Å². The average Bonchev–Trinajstić information content (AvgIpc) is 2.48. The molecule has 0 aromatic carbocycles. The maximum atomic E-state index is 3.84. The zero-order valence-electron chi connectivity index (χ0n) is 9.29. The molecule has 1 rings (SSSR count). The van der Waals surface area contributed by atoms with E-state index in [4.69, 9.17) is 0 Å². The summed E-state index contributed by atoms with van der Waals surface area (Å²) in [4.78, 5) is 2.60. The average molecular weight is 181 g/mol. The molecule has 1 aliphatic rings. The van der Waals surface area contributed by atoms with Crippen LogP contribution in [0.2, 0.25) is 0 Å². The molecule has 1 heteroatoms. The quantitative estimate of drug-likeness (QED) is 0.603. The fraction of sp³-hybridized carbons (Fsp3) is 0.833. The Morgan fingerprint density at radius 2 is 2.00 bits per heavy atom. The van der Waals surface area contributed by atoms with E-state index in [1.165, 1.54) is 25.9 Å². The number of hydrogen-bond acceptors (Lipinski definition) is 1. The molecule has 1 aliphatic heterocycles. The van der Waals surface area contributed by atoms with Gasteiger partial charge in [-0.05, 0) is 32.1 Å². The number of hydrogen-bond donors (Lipinski definition) is 0. The smallest absolute Gasteiger partial charge is 0.00388 e. The largest absolute Gasteiger partial charge is 0.300 e. The van der Waals surface area contributed by atoms with Gasteiger partial charge >= 0.3 is 0 Å². The lowest BCUT2D eigenvalue weighted by molar-refractivity contribution is 0.261. The molecule has 1 fully saturated rings. The fourth-order valence-corrected chi connectivity index (χ4v) is 2.34. The summed E-state index contributed by atoms with van der Waals surface area (Å²) in [5.74, 6) is 1.77. The highest BCUT2D eigenvalue weighted by Gasteiger charge is 2.31. The fourth-order valence-electron chi connectivity index (χ4n) is 2.34. The first kappa shape index (κ1) is 10.8. The highest BCUT2D eigenvalue weighted by Crippen LogP contribution is 2.29. The molecule has 0 aromatic heterocycles. The van der Waals surface area contributed by atoms with E-state index >= 15 is 0 Å². The minimum atomic E-state index is 0.712. The number of rotatable bonds is 4. The minimum absolute atomic E-state index is 0.712. The van der Waals surface area contributed by atoms with Crippen molar-refractivity contribution in [2.75, 3.05) is 13.1 Å². The van der Waals surface area contributed by atoms with Gasteiger partial charge in [0, 0.05) is 19.1 Å². The van der Waals surface area contributed by atoms with Gasteiger partial charge in [0.2, 0.25) is 0 Å². The van der Waals surface area contributed by atoms with Gasteiger partial charge in [-0.15, -0.1) is 6.58 Å². The van der Waals surface area contributed by atoms with Gasteiger partial charge in [-0.3, -0.25) is 0 Å². The van der Waals surface area contributed by atoms with Crippen LogP contribution in [0, 0.1) is 11.8 Å². The Labute approximate surface area is 82.8 Å². The third-order valence-corrected chi connectivity index (χ3v) is 3.33. The lowest BCUT2D eigenvalue weighted by Crippen LogP contribution is -2.28. The maximum Gasteiger partial charge on any atom is 0.00388 e. The van der Waals surface area contributed by atoms with E-state index in [-0.39, 0.29) is 0 Å². The van der Waals surface area contributed by atoms with E-state index in [0.717, 1.165) is 11.8 Å². The molecule has 2 unspecified atom stereocenters. The summed E-state index contributed by atoms with van der Waals surface area (Å²) >= 11 is 0. The van der Waals surface area contributed by atoms with Gasteiger partial charge < -0.3 is 4.90 Å². The molecule has 0 bridgehead atoms. The Hall–Kier alpha value is -0.300. The van der Waals surface area contributed by atoms with Crippen molar-refractivity contribution in [3.8, 4) is 0 Å². The second kappa shape index (κ2) is 4.80. The van der Waals surface area contributed by atoms with E-state index < -0.39 is 0 Å². The summed E-state index contributed by atoms with van der Waals surface area (Å²) in [7, 11) is 0. The first-order chi connectivity index (χ1) is 6.19. The van der Waals surface area contributed by atoms with E-state index in [1.54, 1.807) is 0 Å².